The van der Waals surface area contributed by atoms with Gasteiger partial charge < -0.3 is 45.1 Å². The van der Waals surface area contributed by atoms with Crippen LogP contribution in [0.1, 0.15) is 130 Å². The molecule has 0 radical (unpaired) electrons. The first-order chi connectivity index (χ1) is 37.5. The zero-order valence-electron chi connectivity index (χ0n) is 49.0. The maximum absolute atomic E-state index is 14.7. The van der Waals surface area contributed by atoms with E-state index in [2.05, 4.69) is 16.0 Å². The van der Waals surface area contributed by atoms with Crippen molar-refractivity contribution in [2.24, 2.45) is 23.7 Å². The minimum absolute atomic E-state index is 0.0318. The van der Waals surface area contributed by atoms with Gasteiger partial charge in [-0.05, 0) is 79.9 Å². The highest BCUT2D eigenvalue weighted by Gasteiger charge is 2.44. The van der Waals surface area contributed by atoms with Crippen LogP contribution in [-0.4, -0.2) is 174 Å². The minimum Gasteiger partial charge on any atom is -0.445 e. The Labute approximate surface area is 473 Å². The third-order valence-corrected chi connectivity index (χ3v) is 16.6. The van der Waals surface area contributed by atoms with Crippen molar-refractivity contribution in [3.8, 4) is 0 Å². The van der Waals surface area contributed by atoms with Crippen LogP contribution in [0, 0.1) is 23.7 Å². The molecule has 2 aliphatic heterocycles. The lowest BCUT2D eigenvalue weighted by Gasteiger charge is -2.41. The third kappa shape index (κ3) is 18.2. The van der Waals surface area contributed by atoms with Crippen molar-refractivity contribution in [2.45, 2.75) is 174 Å². The van der Waals surface area contributed by atoms with Gasteiger partial charge in [0, 0.05) is 59.9 Å². The van der Waals surface area contributed by atoms with Gasteiger partial charge in [-0.25, -0.2) is 4.79 Å². The van der Waals surface area contributed by atoms with Crippen LogP contribution in [0.5, 0.6) is 0 Å². The predicted molar refractivity (Wildman–Crippen MR) is 306 cm³/mol. The van der Waals surface area contributed by atoms with Gasteiger partial charge in [0.25, 0.3) is 0 Å². The number of imide groups is 1. The largest absolute Gasteiger partial charge is 0.445 e. The number of carbonyl (C=O) groups excluding carboxylic acids is 8. The quantitative estimate of drug-likeness (QED) is 0.0446. The number of hydrogen-bond acceptors (Lipinski definition) is 14. The van der Waals surface area contributed by atoms with Crippen molar-refractivity contribution in [1.29, 1.82) is 0 Å². The summed E-state index contributed by atoms with van der Waals surface area (Å²) in [4.78, 5) is 113. The van der Waals surface area contributed by atoms with E-state index in [0.29, 0.717) is 68.4 Å². The van der Waals surface area contributed by atoms with E-state index < -0.39 is 66.4 Å². The van der Waals surface area contributed by atoms with E-state index in [9.17, 15) is 43.5 Å². The Morgan fingerprint density at radius 2 is 1.51 bits per heavy atom. The summed E-state index contributed by atoms with van der Waals surface area (Å²) >= 11 is 1.39. The van der Waals surface area contributed by atoms with E-state index in [1.807, 2.05) is 52.1 Å². The van der Waals surface area contributed by atoms with Crippen LogP contribution in [0.3, 0.4) is 0 Å². The molecule has 2 heterocycles. The number of unbranched alkanes of at least 4 members (excludes halogenated alkanes) is 2. The Balaban J connectivity index is 1.32. The Hall–Kier alpha value is -5.57. The number of aliphatic hydroxyl groups is 1. The van der Waals surface area contributed by atoms with E-state index in [1.54, 1.807) is 80.9 Å². The van der Waals surface area contributed by atoms with Crippen LogP contribution in [0.4, 0.5) is 10.5 Å². The van der Waals surface area contributed by atoms with Gasteiger partial charge in [0.05, 0.1) is 60.6 Å². The zero-order valence-corrected chi connectivity index (χ0v) is 49.8. The number of nitrogens with zero attached hydrogens (tertiary/aromatic N) is 4. The number of amides is 7. The molecule has 0 bridgehead atoms. The monoisotopic (exact) mass is 1120 g/mol. The first-order valence-corrected chi connectivity index (χ1v) is 29.4. The maximum atomic E-state index is 14.7. The van der Waals surface area contributed by atoms with E-state index in [0.717, 1.165) is 6.42 Å². The molecule has 4 rings (SSSR count). The summed E-state index contributed by atoms with van der Waals surface area (Å²) in [5.74, 6) is -3.19. The number of hydrogen-bond donors (Lipinski definition) is 4. The normalized spacial score (nSPS) is 19.0. The van der Waals surface area contributed by atoms with Crippen LogP contribution >= 0.6 is 11.8 Å². The maximum Gasteiger partial charge on any atom is 0.410 e. The van der Waals surface area contributed by atoms with Crippen molar-refractivity contribution >= 4 is 64.8 Å². The molecule has 19 nitrogen and oxygen atoms in total. The average Bonchev–Trinajstić information content (AvgIpc) is 4.04. The lowest BCUT2D eigenvalue weighted by molar-refractivity contribution is -0.148. The van der Waals surface area contributed by atoms with Crippen LogP contribution in [0.25, 0.3) is 0 Å². The smallest absolute Gasteiger partial charge is 0.410 e. The molecule has 2 aromatic rings. The van der Waals surface area contributed by atoms with Crippen LogP contribution in [-0.2, 0) is 54.4 Å². The molecule has 0 aromatic heterocycles. The second-order valence-corrected chi connectivity index (χ2v) is 23.1. The molecule has 0 aliphatic carbocycles. The van der Waals surface area contributed by atoms with Crippen LogP contribution in [0.2, 0.25) is 0 Å². The number of methoxy groups -OCH3 is 2. The predicted octanol–water partition coefficient (Wildman–Crippen LogP) is 6.61. The number of thioether (sulfide) groups is 1. The summed E-state index contributed by atoms with van der Waals surface area (Å²) in [5.41, 5.74) is 2.08. The van der Waals surface area contributed by atoms with Gasteiger partial charge in [0.2, 0.25) is 35.4 Å². The number of nitrogens with one attached hydrogen (secondary N) is 3. The van der Waals surface area contributed by atoms with Gasteiger partial charge in [-0.3, -0.25) is 43.4 Å². The van der Waals surface area contributed by atoms with Crippen LogP contribution < -0.4 is 16.0 Å². The third-order valence-electron chi connectivity index (χ3n) is 15.7. The number of Topliss-reactive ketones (excluding diaryl/α,β-unsaturated/α-hetero) is 1. The summed E-state index contributed by atoms with van der Waals surface area (Å²) in [6, 6.07) is 12.6. The van der Waals surface area contributed by atoms with Gasteiger partial charge in [0.15, 0.2) is 5.78 Å². The Kier molecular flexibility index (Phi) is 26.7. The number of carbonyl (C=O) groups is 8. The molecule has 4 N–H and O–H groups in total. The number of likely N-dealkylation sites (N-methyl/N-ethyl adjacent to an activating group) is 2. The van der Waals surface area contributed by atoms with Gasteiger partial charge in [-0.2, -0.15) is 11.8 Å². The standard InChI is InChI=1S/C59H91N7O12S/c1-14-38(6)52(46(76-11)32-48(68)65-31-21-25-45(65)54(77-12)39(7)55(71)61-40(8)53(70)42-22-17-15-18-23-42)63(9)58(74)50(36(2)3)62-56(72)51(37(4)5)64(10)59(75)78-35-41-26-28-43(29-27-41)60-34-44(67)24-19-16-20-30-66-49(69)33-47(79-13)57(66)73/h15,17-18,22-23,26-29,36-40,45-47,50-54,60,70H,14,16,19-21,24-25,30-35H2,1-13H3,(H,61,71)(H,62,72)/t38-,39+,40+,45-,46+,47?,50-,51-,52+,53+,54+/m0/s1. The fourth-order valence-corrected chi connectivity index (χ4v) is 11.4. The Bertz CT molecular complexity index is 2320. The molecule has 2 saturated heterocycles. The number of anilines is 1. The number of rotatable bonds is 32. The van der Waals surface area contributed by atoms with Crippen molar-refractivity contribution in [3.05, 3.63) is 65.7 Å². The highest BCUT2D eigenvalue weighted by molar-refractivity contribution is 8.00. The highest BCUT2D eigenvalue weighted by Crippen LogP contribution is 2.31. The molecule has 2 fully saturated rings. The molecule has 79 heavy (non-hydrogen) atoms. The van der Waals surface area contributed by atoms with E-state index in [-0.39, 0.29) is 84.3 Å². The summed E-state index contributed by atoms with van der Waals surface area (Å²) < 4.78 is 17.7. The highest BCUT2D eigenvalue weighted by atomic mass is 32.2. The van der Waals surface area contributed by atoms with Crippen molar-refractivity contribution in [2.75, 3.05) is 59.5 Å². The molecular weight excluding hydrogens is 1030 g/mol. The molecule has 2 aromatic carbocycles. The van der Waals surface area contributed by atoms with Crippen LogP contribution in [0.15, 0.2) is 54.6 Å². The number of benzene rings is 2. The first kappa shape index (κ1) is 65.9. The van der Waals surface area contributed by atoms with E-state index in [4.69, 9.17) is 14.2 Å². The average molecular weight is 1120 g/mol. The van der Waals surface area contributed by atoms with Gasteiger partial charge >= 0.3 is 6.09 Å². The summed E-state index contributed by atoms with van der Waals surface area (Å²) in [5, 5.41) is 19.7. The molecular formula is C59H91N7O12S. The minimum atomic E-state index is -1.00. The van der Waals surface area contributed by atoms with Crippen molar-refractivity contribution in [3.63, 3.8) is 0 Å². The van der Waals surface area contributed by atoms with Gasteiger partial charge in [-0.1, -0.05) is 104 Å². The number of likely N-dealkylation sites (tertiary alicyclic amines) is 2. The Morgan fingerprint density at radius 3 is 2.09 bits per heavy atom. The molecule has 1 unspecified atom stereocenters. The number of ether oxygens (including phenoxy) is 3. The molecule has 2 aliphatic rings. The molecule has 11 atom stereocenters. The summed E-state index contributed by atoms with van der Waals surface area (Å²) in [7, 11) is 6.20. The van der Waals surface area contributed by atoms with Gasteiger partial charge in [0.1, 0.15) is 18.7 Å². The second-order valence-electron chi connectivity index (χ2n) is 22.0. The molecule has 440 valence electrons. The lowest BCUT2D eigenvalue weighted by Crippen LogP contribution is -2.60. The molecule has 20 heteroatoms. The summed E-state index contributed by atoms with van der Waals surface area (Å²) in [6.45, 7) is 15.6. The second kappa shape index (κ2) is 32.0. The fraction of sp³-hybridized carbons (Fsp3) is 0.661. The zero-order chi connectivity index (χ0) is 58.7. The number of ketones is 1. The lowest BCUT2D eigenvalue weighted by atomic mass is 9.89. The van der Waals surface area contributed by atoms with Gasteiger partial charge in [-0.15, -0.1) is 0 Å². The molecule has 0 saturated carbocycles. The Morgan fingerprint density at radius 1 is 0.835 bits per heavy atom. The fourth-order valence-electron chi connectivity index (χ4n) is 10.8. The first-order valence-electron chi connectivity index (χ1n) is 28.1. The topological polar surface area (TPSA) is 234 Å². The van der Waals surface area contributed by atoms with Crippen molar-refractivity contribution in [1.82, 2.24) is 30.2 Å². The SMILES string of the molecule is CC[C@H](C)[C@H]([C@@H](CC(=O)N1CCC[C@H]1[C@H](OC)[C@@H](C)C(=O)N[C@H](C)[C@@H](O)c1ccccc1)OC)N(C)C(=O)[C@@H](NC(=O)[C@H](C(C)C)N(C)C(=O)OCc1ccc(NCC(=O)CCCCCN2C(=O)CC(SC)C2=O)cc1)C(C)C. The molecule has 0 spiro atoms. The van der Waals surface area contributed by atoms with E-state index >= 15 is 0 Å². The van der Waals surface area contributed by atoms with Crippen molar-refractivity contribution < 1.29 is 57.7 Å². The molecule has 7 amide bonds. The summed E-state index contributed by atoms with van der Waals surface area (Å²) in [6.07, 6.45) is 3.37. The van der Waals surface area contributed by atoms with E-state index in [1.165, 1.54) is 42.8 Å². The number of aliphatic hydroxyl groups excluding tert-OH is 1.